The third-order valence-electron chi connectivity index (χ3n) is 3.22. The average molecular weight is 305 g/mol. The Labute approximate surface area is 124 Å². The fourth-order valence-electron chi connectivity index (χ4n) is 2.30. The Morgan fingerprint density at radius 1 is 1.29 bits per heavy atom. The molecule has 1 N–H and O–H groups in total. The number of imidazole rings is 1. The molecule has 0 atom stereocenters. The molecule has 21 heavy (non-hydrogen) atoms. The second-order valence-electron chi connectivity index (χ2n) is 4.60. The molecule has 0 unspecified atom stereocenters. The van der Waals surface area contributed by atoms with Crippen LogP contribution in [0, 0.1) is 12.7 Å². The molecular formula is C15H10ClFN2O2. The van der Waals surface area contributed by atoms with Crippen molar-refractivity contribution in [2.24, 2.45) is 0 Å². The third-order valence-corrected chi connectivity index (χ3v) is 3.54. The summed E-state index contributed by atoms with van der Waals surface area (Å²) in [5.41, 5.74) is 1.81. The highest BCUT2D eigenvalue weighted by molar-refractivity contribution is 6.32. The first-order chi connectivity index (χ1) is 9.97. The van der Waals surface area contributed by atoms with Crippen molar-refractivity contribution in [3.05, 3.63) is 58.6 Å². The molecule has 0 saturated heterocycles. The van der Waals surface area contributed by atoms with Crippen LogP contribution in [0.1, 0.15) is 16.2 Å². The van der Waals surface area contributed by atoms with Gasteiger partial charge in [-0.1, -0.05) is 11.6 Å². The molecule has 0 aliphatic heterocycles. The molecule has 0 aliphatic carbocycles. The summed E-state index contributed by atoms with van der Waals surface area (Å²) in [4.78, 5) is 15.3. The van der Waals surface area contributed by atoms with Gasteiger partial charge in [0.05, 0.1) is 27.3 Å². The number of aromatic carboxylic acids is 1. The van der Waals surface area contributed by atoms with Crippen molar-refractivity contribution < 1.29 is 14.3 Å². The summed E-state index contributed by atoms with van der Waals surface area (Å²) in [5, 5.41) is 9.40. The third kappa shape index (κ3) is 2.25. The number of rotatable bonds is 2. The molecule has 106 valence electrons. The first kappa shape index (κ1) is 13.6. The summed E-state index contributed by atoms with van der Waals surface area (Å²) >= 11 is 6.13. The molecule has 0 saturated carbocycles. The minimum Gasteiger partial charge on any atom is -0.478 e. The van der Waals surface area contributed by atoms with E-state index in [2.05, 4.69) is 4.98 Å². The van der Waals surface area contributed by atoms with Crippen molar-refractivity contribution in [1.29, 1.82) is 0 Å². The van der Waals surface area contributed by atoms with Gasteiger partial charge in [0.2, 0.25) is 0 Å². The molecule has 3 rings (SSSR count). The van der Waals surface area contributed by atoms with Gasteiger partial charge in [-0.15, -0.1) is 0 Å². The Balaban J connectivity index is 2.30. The molecule has 6 heteroatoms. The minimum absolute atomic E-state index is 0.150. The smallest absolute Gasteiger partial charge is 0.335 e. The van der Waals surface area contributed by atoms with Crippen molar-refractivity contribution in [3.63, 3.8) is 0 Å². The van der Waals surface area contributed by atoms with Crippen LogP contribution >= 0.6 is 11.6 Å². The normalized spacial score (nSPS) is 11.0. The molecular weight excluding hydrogens is 295 g/mol. The number of aryl methyl sites for hydroxylation is 1. The van der Waals surface area contributed by atoms with Crippen LogP contribution in [0.4, 0.5) is 4.39 Å². The Bertz CT molecular complexity index is 873. The van der Waals surface area contributed by atoms with Crippen LogP contribution in [0.25, 0.3) is 16.7 Å². The average Bonchev–Trinajstić information content (AvgIpc) is 2.76. The maximum Gasteiger partial charge on any atom is 0.335 e. The molecule has 0 amide bonds. The molecule has 1 aromatic heterocycles. The lowest BCUT2D eigenvalue weighted by atomic mass is 10.2. The van der Waals surface area contributed by atoms with Gasteiger partial charge in [-0.3, -0.25) is 4.57 Å². The number of halogens is 2. The number of carboxylic acid groups (broad SMARTS) is 1. The standard InChI is InChI=1S/C15H10ClFN2O2/c1-8-18-12-6-9(15(20)21)2-5-13(12)19(8)14-7-10(17)3-4-11(14)16/h2-7H,1H3,(H,20,21). The largest absolute Gasteiger partial charge is 0.478 e. The quantitative estimate of drug-likeness (QED) is 0.783. The second kappa shape index (κ2) is 4.86. The molecule has 0 bridgehead atoms. The van der Waals surface area contributed by atoms with E-state index in [0.717, 1.165) is 0 Å². The summed E-state index contributed by atoms with van der Waals surface area (Å²) in [6.45, 7) is 1.75. The Kier molecular flexibility index (Phi) is 3.14. The van der Waals surface area contributed by atoms with E-state index in [1.807, 2.05) is 0 Å². The minimum atomic E-state index is -1.02. The van der Waals surface area contributed by atoms with Crippen molar-refractivity contribution in [3.8, 4) is 5.69 Å². The van der Waals surface area contributed by atoms with E-state index in [-0.39, 0.29) is 5.56 Å². The summed E-state index contributed by atoms with van der Waals surface area (Å²) < 4.78 is 15.2. The Hall–Kier alpha value is -2.40. The summed E-state index contributed by atoms with van der Waals surface area (Å²) in [6, 6.07) is 8.68. The van der Waals surface area contributed by atoms with Crippen molar-refractivity contribution in [2.45, 2.75) is 6.92 Å². The molecule has 2 aromatic carbocycles. The summed E-state index contributed by atoms with van der Waals surface area (Å²) in [5.74, 6) is -0.828. The van der Waals surface area contributed by atoms with E-state index in [1.54, 1.807) is 17.6 Å². The lowest BCUT2D eigenvalue weighted by Gasteiger charge is -2.09. The van der Waals surface area contributed by atoms with Crippen molar-refractivity contribution >= 4 is 28.6 Å². The van der Waals surface area contributed by atoms with E-state index in [1.165, 1.54) is 30.3 Å². The first-order valence-electron chi connectivity index (χ1n) is 6.15. The molecule has 0 radical (unpaired) electrons. The second-order valence-corrected chi connectivity index (χ2v) is 5.01. The van der Waals surface area contributed by atoms with Crippen LogP contribution in [0.15, 0.2) is 36.4 Å². The molecule has 0 fully saturated rings. The van der Waals surface area contributed by atoms with E-state index in [4.69, 9.17) is 16.7 Å². The highest BCUT2D eigenvalue weighted by Crippen LogP contribution is 2.27. The molecule has 1 heterocycles. The van der Waals surface area contributed by atoms with Gasteiger partial charge in [0.1, 0.15) is 11.6 Å². The van der Waals surface area contributed by atoms with Crippen LogP contribution in [0.2, 0.25) is 5.02 Å². The zero-order chi connectivity index (χ0) is 15.1. The fourth-order valence-corrected chi connectivity index (χ4v) is 2.50. The molecule has 3 aromatic rings. The maximum atomic E-state index is 13.5. The van der Waals surface area contributed by atoms with Crippen molar-refractivity contribution in [1.82, 2.24) is 9.55 Å². The number of aromatic nitrogens is 2. The number of benzene rings is 2. The molecule has 0 spiro atoms. The summed E-state index contributed by atoms with van der Waals surface area (Å²) in [6.07, 6.45) is 0. The van der Waals surface area contributed by atoms with E-state index >= 15 is 0 Å². The van der Waals surface area contributed by atoms with Gasteiger partial charge in [-0.25, -0.2) is 14.2 Å². The van der Waals surface area contributed by atoms with Crippen LogP contribution in [-0.4, -0.2) is 20.6 Å². The SMILES string of the molecule is Cc1nc2cc(C(=O)O)ccc2n1-c1cc(F)ccc1Cl. The monoisotopic (exact) mass is 304 g/mol. The van der Waals surface area contributed by atoms with Gasteiger partial charge in [-0.2, -0.15) is 0 Å². The van der Waals surface area contributed by atoms with Gasteiger partial charge in [0.15, 0.2) is 0 Å². The first-order valence-corrected chi connectivity index (χ1v) is 6.53. The predicted octanol–water partition coefficient (Wildman–Crippen LogP) is 3.82. The van der Waals surface area contributed by atoms with E-state index < -0.39 is 11.8 Å². The highest BCUT2D eigenvalue weighted by Gasteiger charge is 2.14. The number of hydrogen-bond donors (Lipinski definition) is 1. The zero-order valence-electron chi connectivity index (χ0n) is 11.0. The van der Waals surface area contributed by atoms with Gasteiger partial charge >= 0.3 is 5.97 Å². The lowest BCUT2D eigenvalue weighted by molar-refractivity contribution is 0.0697. The maximum absolute atomic E-state index is 13.5. The van der Waals surface area contributed by atoms with Gasteiger partial charge in [-0.05, 0) is 43.3 Å². The number of hydrogen-bond acceptors (Lipinski definition) is 2. The predicted molar refractivity (Wildman–Crippen MR) is 77.7 cm³/mol. The Morgan fingerprint density at radius 2 is 2.05 bits per heavy atom. The van der Waals surface area contributed by atoms with Crippen LogP contribution in [0.5, 0.6) is 0 Å². The number of carboxylic acids is 1. The number of fused-ring (bicyclic) bond motifs is 1. The number of nitrogens with zero attached hydrogens (tertiary/aromatic N) is 2. The lowest BCUT2D eigenvalue weighted by Crippen LogP contribution is -1.99. The molecule has 4 nitrogen and oxygen atoms in total. The summed E-state index contributed by atoms with van der Waals surface area (Å²) in [7, 11) is 0. The number of carbonyl (C=O) groups is 1. The molecule has 0 aliphatic rings. The van der Waals surface area contributed by atoms with E-state index in [0.29, 0.717) is 27.6 Å². The topological polar surface area (TPSA) is 55.1 Å². The van der Waals surface area contributed by atoms with Gasteiger partial charge in [0.25, 0.3) is 0 Å². The fraction of sp³-hybridized carbons (Fsp3) is 0.0667. The Morgan fingerprint density at radius 3 is 2.76 bits per heavy atom. The van der Waals surface area contributed by atoms with Gasteiger partial charge in [0, 0.05) is 0 Å². The van der Waals surface area contributed by atoms with Gasteiger partial charge < -0.3 is 5.11 Å². The zero-order valence-corrected chi connectivity index (χ0v) is 11.7. The van der Waals surface area contributed by atoms with E-state index in [9.17, 15) is 9.18 Å². The van der Waals surface area contributed by atoms with Crippen LogP contribution < -0.4 is 0 Å². The van der Waals surface area contributed by atoms with Crippen molar-refractivity contribution in [2.75, 3.05) is 0 Å². The van der Waals surface area contributed by atoms with Crippen LogP contribution in [0.3, 0.4) is 0 Å². The van der Waals surface area contributed by atoms with Crippen LogP contribution in [-0.2, 0) is 0 Å². The highest BCUT2D eigenvalue weighted by atomic mass is 35.5.